The third kappa shape index (κ3) is 5.35. The minimum Gasteiger partial charge on any atom is -0.426 e. The number of ether oxygens (including phenoxy) is 2. The van der Waals surface area contributed by atoms with Crippen molar-refractivity contribution in [1.29, 1.82) is 0 Å². The van der Waals surface area contributed by atoms with Gasteiger partial charge in [0.25, 0.3) is 0 Å². The van der Waals surface area contributed by atoms with E-state index >= 15 is 0 Å². The van der Waals surface area contributed by atoms with Crippen molar-refractivity contribution in [2.45, 2.75) is 38.3 Å². The molecule has 1 unspecified atom stereocenters. The van der Waals surface area contributed by atoms with Gasteiger partial charge in [-0.1, -0.05) is 17.7 Å². The van der Waals surface area contributed by atoms with E-state index in [1.807, 2.05) is 42.7 Å². The molecule has 1 N–H and O–H groups in total. The lowest BCUT2D eigenvalue weighted by Crippen LogP contribution is -2.36. The molecule has 33 heavy (non-hydrogen) atoms. The molecule has 0 saturated carbocycles. The van der Waals surface area contributed by atoms with Crippen LogP contribution in [0.5, 0.6) is 11.8 Å². The Morgan fingerprint density at radius 1 is 1.09 bits per heavy atom. The highest BCUT2D eigenvalue weighted by atomic mass is 32.2. The molecule has 2 aromatic heterocycles. The van der Waals surface area contributed by atoms with Gasteiger partial charge in [-0.2, -0.15) is 0 Å². The number of hydrogen-bond donors (Lipinski definition) is 1. The molecule has 4 rings (SSSR count). The molecular formula is C23H29N5O4S. The second kappa shape index (κ2) is 9.90. The highest BCUT2D eigenvalue weighted by Gasteiger charge is 2.23. The molecule has 1 atom stereocenters. The zero-order valence-electron chi connectivity index (χ0n) is 19.1. The summed E-state index contributed by atoms with van der Waals surface area (Å²) in [4.78, 5) is 10.9. The van der Waals surface area contributed by atoms with Crippen LogP contribution in [0.2, 0.25) is 0 Å². The standard InChI is InChI=1S/C23H29N5O4S/c1-4-28-21(16-25-23(28)32-19-7-5-17(2)6-8-19)18(3)26-33(29,30)20-9-10-22(24-15-20)27-11-13-31-14-12-27/h5-10,15-16,18,26H,4,11-14H2,1-3H3. The fourth-order valence-corrected chi connectivity index (χ4v) is 4.86. The van der Waals surface area contributed by atoms with Crippen LogP contribution in [-0.2, 0) is 21.3 Å². The van der Waals surface area contributed by atoms with E-state index in [9.17, 15) is 8.42 Å². The van der Waals surface area contributed by atoms with Crippen molar-refractivity contribution < 1.29 is 17.9 Å². The van der Waals surface area contributed by atoms with E-state index in [0.29, 0.717) is 37.2 Å². The number of anilines is 1. The highest BCUT2D eigenvalue weighted by molar-refractivity contribution is 7.89. The highest BCUT2D eigenvalue weighted by Crippen LogP contribution is 2.26. The fraction of sp³-hybridized carbons (Fsp3) is 0.391. The van der Waals surface area contributed by atoms with E-state index in [-0.39, 0.29) is 4.90 Å². The van der Waals surface area contributed by atoms with Gasteiger partial charge in [-0.15, -0.1) is 0 Å². The van der Waals surface area contributed by atoms with E-state index in [2.05, 4.69) is 19.6 Å². The minimum absolute atomic E-state index is 0.116. The SMILES string of the molecule is CCn1c(C(C)NS(=O)(=O)c2ccc(N3CCOCC3)nc2)cnc1Oc1ccc(C)cc1. The first-order chi connectivity index (χ1) is 15.9. The molecule has 0 amide bonds. The lowest BCUT2D eigenvalue weighted by atomic mass is 10.2. The first-order valence-electron chi connectivity index (χ1n) is 11.0. The van der Waals surface area contributed by atoms with Crippen molar-refractivity contribution in [2.75, 3.05) is 31.2 Å². The topological polar surface area (TPSA) is 98.6 Å². The van der Waals surface area contributed by atoms with Gasteiger partial charge in [-0.25, -0.2) is 23.1 Å². The van der Waals surface area contributed by atoms with Crippen LogP contribution >= 0.6 is 0 Å². The summed E-state index contributed by atoms with van der Waals surface area (Å²) in [6.45, 7) is 9.09. The third-order valence-electron chi connectivity index (χ3n) is 5.54. The molecule has 0 radical (unpaired) electrons. The molecule has 1 aliphatic heterocycles. The Morgan fingerprint density at radius 3 is 2.45 bits per heavy atom. The summed E-state index contributed by atoms with van der Waals surface area (Å²) in [6, 6.07) is 10.9. The van der Waals surface area contributed by atoms with Crippen molar-refractivity contribution >= 4 is 15.8 Å². The predicted octanol–water partition coefficient (Wildman–Crippen LogP) is 3.27. The molecule has 0 aliphatic carbocycles. The number of aryl methyl sites for hydroxylation is 1. The summed E-state index contributed by atoms with van der Waals surface area (Å²) in [7, 11) is -3.77. The number of hydrogen-bond acceptors (Lipinski definition) is 7. The third-order valence-corrected chi connectivity index (χ3v) is 7.06. The number of morpholine rings is 1. The second-order valence-electron chi connectivity index (χ2n) is 7.92. The smallest absolute Gasteiger partial charge is 0.302 e. The molecule has 0 spiro atoms. The Labute approximate surface area is 194 Å². The minimum atomic E-state index is -3.77. The molecule has 3 heterocycles. The average molecular weight is 472 g/mol. The maximum atomic E-state index is 13.0. The second-order valence-corrected chi connectivity index (χ2v) is 9.63. The molecule has 9 nitrogen and oxygen atoms in total. The zero-order valence-corrected chi connectivity index (χ0v) is 19.9. The van der Waals surface area contributed by atoms with Crippen LogP contribution in [0.3, 0.4) is 0 Å². The quantitative estimate of drug-likeness (QED) is 0.538. The normalized spacial score (nSPS) is 15.4. The largest absolute Gasteiger partial charge is 0.426 e. The van der Waals surface area contributed by atoms with E-state index < -0.39 is 16.1 Å². The molecule has 1 aromatic carbocycles. The molecule has 176 valence electrons. The molecule has 1 fully saturated rings. The number of nitrogens with one attached hydrogen (secondary N) is 1. The maximum Gasteiger partial charge on any atom is 0.302 e. The summed E-state index contributed by atoms with van der Waals surface area (Å²) in [5.41, 5.74) is 1.85. The van der Waals surface area contributed by atoms with Crippen molar-refractivity contribution in [2.24, 2.45) is 0 Å². The van der Waals surface area contributed by atoms with Gasteiger partial charge in [0.1, 0.15) is 16.5 Å². The first kappa shape index (κ1) is 23.2. The molecule has 3 aromatic rings. The first-order valence-corrected chi connectivity index (χ1v) is 12.5. The molecule has 10 heteroatoms. The number of aromatic nitrogens is 3. The Balaban J connectivity index is 1.48. The van der Waals surface area contributed by atoms with Gasteiger partial charge >= 0.3 is 6.01 Å². The average Bonchev–Trinajstić information content (AvgIpc) is 3.23. The lowest BCUT2D eigenvalue weighted by Gasteiger charge is -2.27. The van der Waals surface area contributed by atoms with Crippen molar-refractivity contribution in [3.63, 3.8) is 0 Å². The molecule has 1 aliphatic rings. The Bertz CT molecular complexity index is 1170. The van der Waals surface area contributed by atoms with Crippen LogP contribution in [0.4, 0.5) is 5.82 Å². The summed E-state index contributed by atoms with van der Waals surface area (Å²) < 4.78 is 41.8. The Kier molecular flexibility index (Phi) is 6.96. The van der Waals surface area contributed by atoms with Crippen LogP contribution in [0.1, 0.15) is 31.1 Å². The van der Waals surface area contributed by atoms with Gasteiger partial charge in [0, 0.05) is 25.8 Å². The van der Waals surface area contributed by atoms with E-state index in [1.54, 1.807) is 25.3 Å². The van der Waals surface area contributed by atoms with Crippen LogP contribution < -0.4 is 14.4 Å². The van der Waals surface area contributed by atoms with Crippen molar-refractivity contribution in [1.82, 2.24) is 19.3 Å². The van der Waals surface area contributed by atoms with E-state index in [4.69, 9.17) is 9.47 Å². The fourth-order valence-electron chi connectivity index (χ4n) is 3.70. The number of pyridine rings is 1. The monoisotopic (exact) mass is 471 g/mol. The zero-order chi connectivity index (χ0) is 23.4. The summed E-state index contributed by atoms with van der Waals surface area (Å²) >= 11 is 0. The number of benzene rings is 1. The van der Waals surface area contributed by atoms with E-state index in [0.717, 1.165) is 24.5 Å². The van der Waals surface area contributed by atoms with Crippen LogP contribution in [0.15, 0.2) is 53.7 Å². The van der Waals surface area contributed by atoms with Crippen LogP contribution in [0, 0.1) is 6.92 Å². The van der Waals surface area contributed by atoms with Crippen LogP contribution in [-0.4, -0.2) is 49.3 Å². The number of rotatable bonds is 8. The Morgan fingerprint density at radius 2 is 1.82 bits per heavy atom. The van der Waals surface area contributed by atoms with Gasteiger partial charge in [0.2, 0.25) is 10.0 Å². The van der Waals surface area contributed by atoms with Gasteiger partial charge in [-0.05, 0) is 45.0 Å². The van der Waals surface area contributed by atoms with Gasteiger partial charge in [0.15, 0.2) is 0 Å². The van der Waals surface area contributed by atoms with Crippen molar-refractivity contribution in [3.8, 4) is 11.8 Å². The summed E-state index contributed by atoms with van der Waals surface area (Å²) in [6.07, 6.45) is 3.03. The number of nitrogens with zero attached hydrogens (tertiary/aromatic N) is 4. The van der Waals surface area contributed by atoms with Crippen molar-refractivity contribution in [3.05, 3.63) is 60.0 Å². The number of imidazole rings is 1. The molecular weight excluding hydrogens is 442 g/mol. The summed E-state index contributed by atoms with van der Waals surface area (Å²) in [5, 5.41) is 0. The van der Waals surface area contributed by atoms with Gasteiger partial charge < -0.3 is 14.4 Å². The van der Waals surface area contributed by atoms with Crippen LogP contribution in [0.25, 0.3) is 0 Å². The predicted molar refractivity (Wildman–Crippen MR) is 125 cm³/mol. The number of sulfonamides is 1. The maximum absolute atomic E-state index is 13.0. The lowest BCUT2D eigenvalue weighted by molar-refractivity contribution is 0.122. The van der Waals surface area contributed by atoms with Gasteiger partial charge in [0.05, 0.1) is 31.1 Å². The molecule has 1 saturated heterocycles. The van der Waals surface area contributed by atoms with E-state index in [1.165, 1.54) is 6.20 Å². The summed E-state index contributed by atoms with van der Waals surface area (Å²) in [5.74, 6) is 1.42. The molecule has 0 bridgehead atoms. The Hall–Kier alpha value is -2.95. The van der Waals surface area contributed by atoms with Gasteiger partial charge in [-0.3, -0.25) is 4.57 Å².